The van der Waals surface area contributed by atoms with Crippen LogP contribution in [0.25, 0.3) is 0 Å². The van der Waals surface area contributed by atoms with E-state index >= 15 is 0 Å². The summed E-state index contributed by atoms with van der Waals surface area (Å²) in [7, 11) is 0. The van der Waals surface area contributed by atoms with Gasteiger partial charge in [0.1, 0.15) is 0 Å². The van der Waals surface area contributed by atoms with Gasteiger partial charge in [0.05, 0.1) is 0 Å². The van der Waals surface area contributed by atoms with Gasteiger partial charge in [-0.2, -0.15) is 0 Å². The first-order chi connectivity index (χ1) is 7.75. The molecule has 0 aromatic rings. The Morgan fingerprint density at radius 2 is 2.00 bits per heavy atom. The molecule has 1 unspecified atom stereocenters. The van der Waals surface area contributed by atoms with Gasteiger partial charge in [0.15, 0.2) is 0 Å². The SMILES string of the molecule is CC(C)N(CCC1CC1)CC1CCCNC1. The Hall–Kier alpha value is -0.0800. The summed E-state index contributed by atoms with van der Waals surface area (Å²) in [4.78, 5) is 2.70. The van der Waals surface area contributed by atoms with E-state index in [0.717, 1.165) is 17.9 Å². The number of rotatable bonds is 6. The minimum Gasteiger partial charge on any atom is -0.316 e. The van der Waals surface area contributed by atoms with Crippen molar-refractivity contribution in [1.82, 2.24) is 10.2 Å². The fourth-order valence-electron chi connectivity index (χ4n) is 2.73. The van der Waals surface area contributed by atoms with Gasteiger partial charge in [-0.1, -0.05) is 12.8 Å². The molecule has 0 aromatic carbocycles. The van der Waals surface area contributed by atoms with Crippen LogP contribution < -0.4 is 5.32 Å². The molecule has 1 atom stereocenters. The van der Waals surface area contributed by atoms with Crippen LogP contribution in [0.5, 0.6) is 0 Å². The maximum Gasteiger partial charge on any atom is 0.00387 e. The minimum absolute atomic E-state index is 0.723. The summed E-state index contributed by atoms with van der Waals surface area (Å²) in [6.45, 7) is 9.83. The van der Waals surface area contributed by atoms with Crippen LogP contribution in [0.15, 0.2) is 0 Å². The van der Waals surface area contributed by atoms with Crippen molar-refractivity contribution < 1.29 is 0 Å². The molecule has 1 aliphatic heterocycles. The Kier molecular flexibility index (Phi) is 4.66. The summed E-state index contributed by atoms with van der Waals surface area (Å²) in [5.41, 5.74) is 0. The van der Waals surface area contributed by atoms with Crippen LogP contribution >= 0.6 is 0 Å². The standard InChI is InChI=1S/C14H28N2/c1-12(2)16(9-7-13-5-6-13)11-14-4-3-8-15-10-14/h12-15H,3-11H2,1-2H3. The first kappa shape index (κ1) is 12.4. The molecule has 1 aliphatic carbocycles. The zero-order valence-corrected chi connectivity index (χ0v) is 11.0. The van der Waals surface area contributed by atoms with Crippen molar-refractivity contribution in [1.29, 1.82) is 0 Å². The molecule has 0 aromatic heterocycles. The smallest absolute Gasteiger partial charge is 0.00387 e. The highest BCUT2D eigenvalue weighted by Crippen LogP contribution is 2.32. The molecule has 1 saturated carbocycles. The minimum atomic E-state index is 0.723. The highest BCUT2D eigenvalue weighted by Gasteiger charge is 2.24. The normalized spacial score (nSPS) is 26.6. The van der Waals surface area contributed by atoms with Crippen molar-refractivity contribution in [3.05, 3.63) is 0 Å². The Labute approximate surface area is 101 Å². The molecule has 94 valence electrons. The predicted octanol–water partition coefficient (Wildman–Crippen LogP) is 2.50. The number of piperidine rings is 1. The van der Waals surface area contributed by atoms with Crippen LogP contribution in [0.3, 0.4) is 0 Å². The van der Waals surface area contributed by atoms with E-state index < -0.39 is 0 Å². The largest absolute Gasteiger partial charge is 0.316 e. The summed E-state index contributed by atoms with van der Waals surface area (Å²) in [5, 5.41) is 3.53. The molecular formula is C14H28N2. The molecule has 2 rings (SSSR count). The second-order valence-electron chi connectivity index (χ2n) is 6.03. The highest BCUT2D eigenvalue weighted by molar-refractivity contribution is 4.78. The van der Waals surface area contributed by atoms with Gasteiger partial charge in [-0.3, -0.25) is 0 Å². The van der Waals surface area contributed by atoms with Gasteiger partial charge in [-0.05, 0) is 64.6 Å². The van der Waals surface area contributed by atoms with E-state index in [2.05, 4.69) is 24.1 Å². The van der Waals surface area contributed by atoms with Gasteiger partial charge in [-0.25, -0.2) is 0 Å². The van der Waals surface area contributed by atoms with Crippen molar-refractivity contribution >= 4 is 0 Å². The van der Waals surface area contributed by atoms with Crippen LogP contribution in [0.1, 0.15) is 46.0 Å². The van der Waals surface area contributed by atoms with Gasteiger partial charge in [0.25, 0.3) is 0 Å². The summed E-state index contributed by atoms with van der Waals surface area (Å²) in [5.74, 6) is 1.97. The van der Waals surface area contributed by atoms with Gasteiger partial charge in [-0.15, -0.1) is 0 Å². The monoisotopic (exact) mass is 224 g/mol. The van der Waals surface area contributed by atoms with Crippen molar-refractivity contribution in [2.75, 3.05) is 26.2 Å². The van der Waals surface area contributed by atoms with Crippen LogP contribution in [0.4, 0.5) is 0 Å². The Morgan fingerprint density at radius 3 is 2.56 bits per heavy atom. The molecule has 1 heterocycles. The molecule has 2 nitrogen and oxygen atoms in total. The summed E-state index contributed by atoms with van der Waals surface area (Å²) >= 11 is 0. The molecule has 16 heavy (non-hydrogen) atoms. The van der Waals surface area contributed by atoms with Gasteiger partial charge in [0.2, 0.25) is 0 Å². The van der Waals surface area contributed by atoms with Crippen molar-refractivity contribution in [2.24, 2.45) is 11.8 Å². The third-order valence-electron chi connectivity index (χ3n) is 4.14. The van der Waals surface area contributed by atoms with Crippen LogP contribution in [-0.4, -0.2) is 37.1 Å². The zero-order valence-electron chi connectivity index (χ0n) is 11.0. The molecular weight excluding hydrogens is 196 g/mol. The maximum absolute atomic E-state index is 3.53. The molecule has 0 amide bonds. The first-order valence-electron chi connectivity index (χ1n) is 7.20. The second-order valence-corrected chi connectivity index (χ2v) is 6.03. The molecule has 1 N–H and O–H groups in total. The lowest BCUT2D eigenvalue weighted by atomic mass is 9.98. The fourth-order valence-corrected chi connectivity index (χ4v) is 2.73. The average Bonchev–Trinajstić information content (AvgIpc) is 3.09. The molecule has 1 saturated heterocycles. The Morgan fingerprint density at radius 1 is 1.19 bits per heavy atom. The topological polar surface area (TPSA) is 15.3 Å². The quantitative estimate of drug-likeness (QED) is 0.746. The molecule has 0 radical (unpaired) electrons. The van der Waals surface area contributed by atoms with Crippen LogP contribution in [-0.2, 0) is 0 Å². The molecule has 0 spiro atoms. The summed E-state index contributed by atoms with van der Waals surface area (Å²) in [6, 6.07) is 0.723. The van der Waals surface area contributed by atoms with E-state index in [4.69, 9.17) is 0 Å². The molecule has 2 heteroatoms. The zero-order chi connectivity index (χ0) is 11.4. The highest BCUT2D eigenvalue weighted by atomic mass is 15.1. The first-order valence-corrected chi connectivity index (χ1v) is 7.20. The van der Waals surface area contributed by atoms with Gasteiger partial charge >= 0.3 is 0 Å². The van der Waals surface area contributed by atoms with E-state index in [1.54, 1.807) is 0 Å². The lowest BCUT2D eigenvalue weighted by Gasteiger charge is -2.32. The predicted molar refractivity (Wildman–Crippen MR) is 69.6 cm³/mol. The van der Waals surface area contributed by atoms with E-state index in [1.165, 1.54) is 58.3 Å². The average molecular weight is 224 g/mol. The van der Waals surface area contributed by atoms with E-state index in [-0.39, 0.29) is 0 Å². The number of nitrogens with zero attached hydrogens (tertiary/aromatic N) is 1. The van der Waals surface area contributed by atoms with E-state index in [0.29, 0.717) is 0 Å². The van der Waals surface area contributed by atoms with Gasteiger partial charge in [0, 0.05) is 12.6 Å². The summed E-state index contributed by atoms with van der Waals surface area (Å²) in [6.07, 6.45) is 7.24. The van der Waals surface area contributed by atoms with Crippen LogP contribution in [0.2, 0.25) is 0 Å². The fraction of sp³-hybridized carbons (Fsp3) is 1.00. The van der Waals surface area contributed by atoms with E-state index in [9.17, 15) is 0 Å². The summed E-state index contributed by atoms with van der Waals surface area (Å²) < 4.78 is 0. The third-order valence-corrected chi connectivity index (χ3v) is 4.14. The van der Waals surface area contributed by atoms with Gasteiger partial charge < -0.3 is 10.2 Å². The third kappa shape index (κ3) is 4.06. The lowest BCUT2D eigenvalue weighted by molar-refractivity contribution is 0.167. The van der Waals surface area contributed by atoms with Crippen molar-refractivity contribution in [2.45, 2.75) is 52.0 Å². The molecule has 2 aliphatic rings. The lowest BCUT2D eigenvalue weighted by Crippen LogP contribution is -2.41. The molecule has 0 bridgehead atoms. The van der Waals surface area contributed by atoms with Crippen molar-refractivity contribution in [3.63, 3.8) is 0 Å². The number of nitrogens with one attached hydrogen (secondary N) is 1. The Bertz CT molecular complexity index is 193. The molecule has 2 fully saturated rings. The number of hydrogen-bond acceptors (Lipinski definition) is 2. The maximum atomic E-state index is 3.53. The van der Waals surface area contributed by atoms with E-state index in [1.807, 2.05) is 0 Å². The number of hydrogen-bond donors (Lipinski definition) is 1. The van der Waals surface area contributed by atoms with Crippen molar-refractivity contribution in [3.8, 4) is 0 Å². The Balaban J connectivity index is 1.71. The van der Waals surface area contributed by atoms with Crippen LogP contribution in [0, 0.1) is 11.8 Å². The second kappa shape index (κ2) is 6.02.